The Morgan fingerprint density at radius 3 is 2.53 bits per heavy atom. The number of nitrogens with zero attached hydrogens (tertiary/aromatic N) is 3. The molecule has 158 valence electrons. The molecule has 0 radical (unpaired) electrons. The Kier molecular flexibility index (Phi) is 7.82. The molecule has 1 aromatic heterocycles. The standard InChI is InChI=1S/C22H25N5O2.ClH/c28-22(21-15-27(26-25-21)19-10-12-23-13-11-19)24-14-17-6-8-20(9-7-17)29-16-18-4-2-1-3-5-18;/h1-9,15,19,23H,10-14,16H2,(H,24,28);1H. The first-order chi connectivity index (χ1) is 14.3. The first kappa shape index (κ1) is 21.8. The highest BCUT2D eigenvalue weighted by molar-refractivity contribution is 5.91. The van der Waals surface area contributed by atoms with Crippen molar-refractivity contribution in [2.45, 2.75) is 32.0 Å². The highest BCUT2D eigenvalue weighted by Crippen LogP contribution is 2.17. The molecule has 1 aliphatic heterocycles. The van der Waals surface area contributed by atoms with Crippen LogP contribution in [-0.4, -0.2) is 34.0 Å². The average Bonchev–Trinajstić information content (AvgIpc) is 3.29. The number of nitrogens with one attached hydrogen (secondary N) is 2. The maximum absolute atomic E-state index is 12.4. The molecular formula is C22H26ClN5O2. The van der Waals surface area contributed by atoms with Crippen LogP contribution in [0.25, 0.3) is 0 Å². The number of piperidine rings is 1. The van der Waals surface area contributed by atoms with Crippen molar-refractivity contribution in [2.75, 3.05) is 13.1 Å². The van der Waals surface area contributed by atoms with E-state index in [0.29, 0.717) is 24.9 Å². The third-order valence-electron chi connectivity index (χ3n) is 5.05. The van der Waals surface area contributed by atoms with Crippen molar-refractivity contribution in [2.24, 2.45) is 0 Å². The number of carbonyl (C=O) groups excluding carboxylic acids is 1. The van der Waals surface area contributed by atoms with E-state index in [9.17, 15) is 4.79 Å². The van der Waals surface area contributed by atoms with Crippen LogP contribution >= 0.6 is 12.4 Å². The Hall–Kier alpha value is -2.90. The van der Waals surface area contributed by atoms with E-state index in [-0.39, 0.29) is 18.3 Å². The Morgan fingerprint density at radius 1 is 1.07 bits per heavy atom. The lowest BCUT2D eigenvalue weighted by atomic mass is 10.1. The second-order valence-corrected chi connectivity index (χ2v) is 7.17. The van der Waals surface area contributed by atoms with Crippen molar-refractivity contribution in [1.82, 2.24) is 25.6 Å². The van der Waals surface area contributed by atoms with Gasteiger partial charge >= 0.3 is 0 Å². The van der Waals surface area contributed by atoms with Crippen LogP contribution in [0.5, 0.6) is 5.75 Å². The third kappa shape index (κ3) is 5.81. The average molecular weight is 428 g/mol. The van der Waals surface area contributed by atoms with Gasteiger partial charge in [-0.2, -0.15) is 0 Å². The van der Waals surface area contributed by atoms with Crippen LogP contribution in [0.4, 0.5) is 0 Å². The summed E-state index contributed by atoms with van der Waals surface area (Å²) < 4.78 is 7.60. The fourth-order valence-electron chi connectivity index (χ4n) is 3.35. The number of benzene rings is 2. The van der Waals surface area contributed by atoms with E-state index in [1.807, 2.05) is 59.3 Å². The van der Waals surface area contributed by atoms with Gasteiger partial charge in [0.25, 0.3) is 5.91 Å². The summed E-state index contributed by atoms with van der Waals surface area (Å²) in [5.74, 6) is 0.587. The van der Waals surface area contributed by atoms with Crippen molar-refractivity contribution < 1.29 is 9.53 Å². The van der Waals surface area contributed by atoms with Crippen LogP contribution in [0, 0.1) is 0 Å². The van der Waals surface area contributed by atoms with Gasteiger partial charge in [-0.05, 0) is 49.2 Å². The lowest BCUT2D eigenvalue weighted by Gasteiger charge is -2.22. The molecule has 1 fully saturated rings. The first-order valence-electron chi connectivity index (χ1n) is 9.94. The lowest BCUT2D eigenvalue weighted by Crippen LogP contribution is -2.29. The Morgan fingerprint density at radius 2 is 1.80 bits per heavy atom. The smallest absolute Gasteiger partial charge is 0.273 e. The van der Waals surface area contributed by atoms with E-state index in [1.165, 1.54) is 0 Å². The molecule has 0 atom stereocenters. The second-order valence-electron chi connectivity index (χ2n) is 7.17. The van der Waals surface area contributed by atoms with Crippen LogP contribution in [0.15, 0.2) is 60.8 Å². The number of hydrogen-bond donors (Lipinski definition) is 2. The normalized spacial score (nSPS) is 14.0. The van der Waals surface area contributed by atoms with E-state index < -0.39 is 0 Å². The molecule has 0 saturated carbocycles. The number of ether oxygens (including phenoxy) is 1. The molecule has 1 amide bonds. The molecule has 8 heteroatoms. The molecule has 2 N–H and O–H groups in total. The van der Waals surface area contributed by atoms with Crippen LogP contribution in [-0.2, 0) is 13.2 Å². The predicted octanol–water partition coefficient (Wildman–Crippen LogP) is 3.13. The van der Waals surface area contributed by atoms with E-state index in [1.54, 1.807) is 6.20 Å². The number of aromatic nitrogens is 3. The number of rotatable bonds is 7. The number of hydrogen-bond acceptors (Lipinski definition) is 5. The zero-order chi connectivity index (χ0) is 19.9. The summed E-state index contributed by atoms with van der Waals surface area (Å²) in [5.41, 5.74) is 2.48. The Balaban J connectivity index is 0.00000256. The maximum Gasteiger partial charge on any atom is 0.273 e. The molecule has 1 saturated heterocycles. The minimum absolute atomic E-state index is 0. The van der Waals surface area contributed by atoms with Gasteiger partial charge in [-0.1, -0.05) is 47.7 Å². The summed E-state index contributed by atoms with van der Waals surface area (Å²) in [6, 6.07) is 18.1. The highest BCUT2D eigenvalue weighted by Gasteiger charge is 2.18. The van der Waals surface area contributed by atoms with Gasteiger partial charge < -0.3 is 15.4 Å². The predicted molar refractivity (Wildman–Crippen MR) is 117 cm³/mol. The molecule has 2 aromatic carbocycles. The van der Waals surface area contributed by atoms with Crippen molar-refractivity contribution >= 4 is 18.3 Å². The minimum Gasteiger partial charge on any atom is -0.489 e. The van der Waals surface area contributed by atoms with Gasteiger partial charge in [0.2, 0.25) is 0 Å². The number of halogens is 1. The Labute approximate surface area is 182 Å². The zero-order valence-corrected chi connectivity index (χ0v) is 17.5. The van der Waals surface area contributed by atoms with Crippen molar-refractivity contribution in [3.63, 3.8) is 0 Å². The van der Waals surface area contributed by atoms with Crippen molar-refractivity contribution in [1.29, 1.82) is 0 Å². The molecule has 30 heavy (non-hydrogen) atoms. The molecule has 0 unspecified atom stereocenters. The summed E-state index contributed by atoms with van der Waals surface area (Å²) in [6.07, 6.45) is 3.75. The van der Waals surface area contributed by atoms with Crippen LogP contribution in [0.3, 0.4) is 0 Å². The van der Waals surface area contributed by atoms with Crippen molar-refractivity contribution in [3.05, 3.63) is 77.6 Å². The summed E-state index contributed by atoms with van der Waals surface area (Å²) >= 11 is 0. The molecule has 1 aliphatic rings. The summed E-state index contributed by atoms with van der Waals surface area (Å²) in [7, 11) is 0. The van der Waals surface area contributed by atoms with E-state index >= 15 is 0 Å². The largest absolute Gasteiger partial charge is 0.489 e. The SMILES string of the molecule is Cl.O=C(NCc1ccc(OCc2ccccc2)cc1)c1cn(C2CCNCC2)nn1. The van der Waals surface area contributed by atoms with Gasteiger partial charge in [0.1, 0.15) is 12.4 Å². The molecule has 0 spiro atoms. The number of amides is 1. The van der Waals surface area contributed by atoms with E-state index in [2.05, 4.69) is 20.9 Å². The molecule has 2 heterocycles. The molecule has 4 rings (SSSR count). The van der Waals surface area contributed by atoms with Crippen LogP contribution < -0.4 is 15.4 Å². The summed E-state index contributed by atoms with van der Waals surface area (Å²) in [4.78, 5) is 12.4. The molecule has 3 aromatic rings. The monoisotopic (exact) mass is 427 g/mol. The summed E-state index contributed by atoms with van der Waals surface area (Å²) in [5, 5.41) is 14.4. The van der Waals surface area contributed by atoms with Gasteiger partial charge in [-0.3, -0.25) is 4.79 Å². The van der Waals surface area contributed by atoms with Crippen LogP contribution in [0.1, 0.15) is 40.5 Å². The number of carbonyl (C=O) groups is 1. The minimum atomic E-state index is -0.213. The zero-order valence-electron chi connectivity index (χ0n) is 16.7. The highest BCUT2D eigenvalue weighted by atomic mass is 35.5. The van der Waals surface area contributed by atoms with E-state index in [4.69, 9.17) is 4.74 Å². The topological polar surface area (TPSA) is 81.1 Å². The molecular weight excluding hydrogens is 402 g/mol. The van der Waals surface area contributed by atoms with Gasteiger partial charge in [0, 0.05) is 6.54 Å². The summed E-state index contributed by atoms with van der Waals surface area (Å²) in [6.45, 7) is 2.90. The molecule has 0 bridgehead atoms. The van der Waals surface area contributed by atoms with Crippen molar-refractivity contribution in [3.8, 4) is 5.75 Å². The maximum atomic E-state index is 12.4. The third-order valence-corrected chi connectivity index (χ3v) is 5.05. The molecule has 7 nitrogen and oxygen atoms in total. The first-order valence-corrected chi connectivity index (χ1v) is 9.94. The van der Waals surface area contributed by atoms with E-state index in [0.717, 1.165) is 42.8 Å². The lowest BCUT2D eigenvalue weighted by molar-refractivity contribution is 0.0946. The van der Waals surface area contributed by atoms with Gasteiger partial charge in [-0.25, -0.2) is 4.68 Å². The second kappa shape index (κ2) is 10.8. The Bertz CT molecular complexity index is 924. The van der Waals surface area contributed by atoms with Gasteiger partial charge in [0.05, 0.1) is 12.2 Å². The fourth-order valence-corrected chi connectivity index (χ4v) is 3.35. The fraction of sp³-hybridized carbons (Fsp3) is 0.318. The molecule has 0 aliphatic carbocycles. The van der Waals surface area contributed by atoms with Gasteiger partial charge in [0.15, 0.2) is 5.69 Å². The van der Waals surface area contributed by atoms with Crippen LogP contribution in [0.2, 0.25) is 0 Å². The quantitative estimate of drug-likeness (QED) is 0.605. The van der Waals surface area contributed by atoms with Gasteiger partial charge in [-0.15, -0.1) is 17.5 Å².